The predicted octanol–water partition coefficient (Wildman–Crippen LogP) is 0.548. The largest absolute Gasteiger partial charge is 0.393 e. The minimum Gasteiger partial charge on any atom is -0.393 e. The summed E-state index contributed by atoms with van der Waals surface area (Å²) in [6.45, 7) is 4.86. The lowest BCUT2D eigenvalue weighted by Gasteiger charge is -2.29. The zero-order chi connectivity index (χ0) is 18.8. The Kier molecular flexibility index (Phi) is 5.27. The molecule has 0 aliphatic carbocycles. The van der Waals surface area contributed by atoms with Gasteiger partial charge in [0.05, 0.1) is 30.6 Å². The first kappa shape index (κ1) is 18.2. The molecular weight excluding hydrogens is 344 g/mol. The van der Waals surface area contributed by atoms with E-state index in [1.165, 1.54) is 5.69 Å². The van der Waals surface area contributed by atoms with Crippen LogP contribution in [0.1, 0.15) is 36.5 Å². The van der Waals surface area contributed by atoms with Crippen LogP contribution in [-0.2, 0) is 37.9 Å². The van der Waals surface area contributed by atoms with Gasteiger partial charge in [-0.05, 0) is 18.9 Å². The maximum atomic E-state index is 12.4. The number of carbonyl (C=O) groups excluding carboxylic acids is 1. The van der Waals surface area contributed by atoms with Crippen LogP contribution in [0.4, 0.5) is 0 Å². The topological polar surface area (TPSA) is 79.4 Å². The van der Waals surface area contributed by atoms with E-state index in [4.69, 9.17) is 0 Å². The molecule has 1 fully saturated rings. The molecule has 1 saturated heterocycles. The molecule has 0 unspecified atom stereocenters. The summed E-state index contributed by atoms with van der Waals surface area (Å²) in [6.07, 6.45) is 6.11. The quantitative estimate of drug-likeness (QED) is 0.829. The number of aliphatic hydroxyl groups excluding tert-OH is 1. The van der Waals surface area contributed by atoms with E-state index in [1.807, 2.05) is 24.3 Å². The molecule has 27 heavy (non-hydrogen) atoms. The molecule has 2 aliphatic heterocycles. The Morgan fingerprint density at radius 1 is 1.26 bits per heavy atom. The van der Waals surface area contributed by atoms with Crippen LogP contribution in [0.15, 0.2) is 18.5 Å². The van der Waals surface area contributed by atoms with Crippen LogP contribution in [0.25, 0.3) is 0 Å². The number of hydrogen-bond donors (Lipinski definition) is 1. The summed E-state index contributed by atoms with van der Waals surface area (Å²) in [4.78, 5) is 21.0. The van der Waals surface area contributed by atoms with Crippen LogP contribution >= 0.6 is 0 Å². The summed E-state index contributed by atoms with van der Waals surface area (Å²) in [7, 11) is 2.02. The van der Waals surface area contributed by atoms with Crippen molar-refractivity contribution in [3.63, 3.8) is 0 Å². The van der Waals surface area contributed by atoms with Gasteiger partial charge in [0.15, 0.2) is 0 Å². The normalized spacial score (nSPS) is 18.7. The Balaban J connectivity index is 1.30. The SMILES string of the molecule is Cn1ccnc1CN1CCn2nc(CCC(=O)N3CCC(O)CC3)cc2C1. The highest BCUT2D eigenvalue weighted by Gasteiger charge is 2.23. The molecule has 4 heterocycles. The van der Waals surface area contributed by atoms with Gasteiger partial charge in [-0.25, -0.2) is 4.98 Å². The molecular formula is C19H28N6O2. The molecule has 0 aromatic carbocycles. The second-order valence-corrected chi connectivity index (χ2v) is 7.63. The van der Waals surface area contributed by atoms with Gasteiger partial charge in [-0.15, -0.1) is 0 Å². The van der Waals surface area contributed by atoms with Crippen molar-refractivity contribution in [2.75, 3.05) is 19.6 Å². The van der Waals surface area contributed by atoms with Gasteiger partial charge in [-0.3, -0.25) is 14.4 Å². The number of aromatic nitrogens is 4. The van der Waals surface area contributed by atoms with Crippen LogP contribution in [0, 0.1) is 0 Å². The smallest absolute Gasteiger partial charge is 0.222 e. The fraction of sp³-hybridized carbons (Fsp3) is 0.632. The maximum absolute atomic E-state index is 12.4. The number of amides is 1. The second-order valence-electron chi connectivity index (χ2n) is 7.63. The van der Waals surface area contributed by atoms with Gasteiger partial charge in [0, 0.05) is 58.5 Å². The molecule has 0 atom stereocenters. The fourth-order valence-electron chi connectivity index (χ4n) is 3.89. The minimum absolute atomic E-state index is 0.171. The van der Waals surface area contributed by atoms with Crippen LogP contribution in [0.2, 0.25) is 0 Å². The molecule has 2 aromatic rings. The number of hydrogen-bond acceptors (Lipinski definition) is 5. The second kappa shape index (κ2) is 7.82. The summed E-state index contributed by atoms with van der Waals surface area (Å²) in [6, 6.07) is 2.14. The standard InChI is InChI=1S/C19H28N6O2/c1-22-9-6-20-18(22)14-23-10-11-25-16(13-23)12-15(21-25)2-3-19(27)24-7-4-17(26)5-8-24/h6,9,12,17,26H,2-5,7-8,10-11,13-14H2,1H3. The fourth-order valence-corrected chi connectivity index (χ4v) is 3.89. The van der Waals surface area contributed by atoms with Crippen molar-refractivity contribution < 1.29 is 9.90 Å². The van der Waals surface area contributed by atoms with Crippen molar-refractivity contribution in [1.29, 1.82) is 0 Å². The predicted molar refractivity (Wildman–Crippen MR) is 99.7 cm³/mol. The van der Waals surface area contributed by atoms with Crippen molar-refractivity contribution in [3.05, 3.63) is 35.7 Å². The first-order valence-corrected chi connectivity index (χ1v) is 9.78. The number of aliphatic hydroxyl groups is 1. The number of likely N-dealkylation sites (tertiary alicyclic amines) is 1. The van der Waals surface area contributed by atoms with E-state index in [0.29, 0.717) is 38.8 Å². The monoisotopic (exact) mass is 372 g/mol. The Labute approximate surface area is 159 Å². The number of nitrogens with zero attached hydrogens (tertiary/aromatic N) is 6. The van der Waals surface area contributed by atoms with E-state index < -0.39 is 0 Å². The molecule has 8 nitrogen and oxygen atoms in total. The minimum atomic E-state index is -0.248. The van der Waals surface area contributed by atoms with E-state index in [1.54, 1.807) is 0 Å². The Morgan fingerprint density at radius 3 is 2.81 bits per heavy atom. The summed E-state index contributed by atoms with van der Waals surface area (Å²) in [5.41, 5.74) is 2.20. The van der Waals surface area contributed by atoms with Crippen molar-refractivity contribution in [2.24, 2.45) is 7.05 Å². The molecule has 0 saturated carbocycles. The average Bonchev–Trinajstić information content (AvgIpc) is 3.26. The molecule has 1 N–H and O–H groups in total. The lowest BCUT2D eigenvalue weighted by atomic mass is 10.1. The van der Waals surface area contributed by atoms with Gasteiger partial charge in [0.25, 0.3) is 0 Å². The third kappa shape index (κ3) is 4.22. The Bertz CT molecular complexity index is 790. The third-order valence-corrected chi connectivity index (χ3v) is 5.63. The number of fused-ring (bicyclic) bond motifs is 1. The van der Waals surface area contributed by atoms with Gasteiger partial charge < -0.3 is 14.6 Å². The average molecular weight is 372 g/mol. The number of rotatable bonds is 5. The molecule has 2 aromatic heterocycles. The van der Waals surface area contributed by atoms with Gasteiger partial charge in [-0.1, -0.05) is 0 Å². The molecule has 4 rings (SSSR count). The van der Waals surface area contributed by atoms with E-state index in [2.05, 4.69) is 30.3 Å². The van der Waals surface area contributed by atoms with Crippen LogP contribution in [0.5, 0.6) is 0 Å². The Hall–Kier alpha value is -2.19. The summed E-state index contributed by atoms with van der Waals surface area (Å²) >= 11 is 0. The zero-order valence-corrected chi connectivity index (χ0v) is 15.9. The third-order valence-electron chi connectivity index (χ3n) is 5.63. The first-order valence-electron chi connectivity index (χ1n) is 9.78. The van der Waals surface area contributed by atoms with Crippen LogP contribution in [-0.4, -0.2) is 65.9 Å². The lowest BCUT2D eigenvalue weighted by molar-refractivity contribution is -0.133. The van der Waals surface area contributed by atoms with Crippen LogP contribution < -0.4 is 0 Å². The van der Waals surface area contributed by atoms with E-state index in [9.17, 15) is 9.90 Å². The van der Waals surface area contributed by atoms with Gasteiger partial charge in [0.1, 0.15) is 5.82 Å². The van der Waals surface area contributed by atoms with Crippen molar-refractivity contribution in [1.82, 2.24) is 29.1 Å². The van der Waals surface area contributed by atoms with Crippen LogP contribution in [0.3, 0.4) is 0 Å². The van der Waals surface area contributed by atoms with Gasteiger partial charge in [0.2, 0.25) is 5.91 Å². The molecule has 1 amide bonds. The highest BCUT2D eigenvalue weighted by Crippen LogP contribution is 2.17. The van der Waals surface area contributed by atoms with E-state index in [-0.39, 0.29) is 12.0 Å². The number of carbonyl (C=O) groups is 1. The maximum Gasteiger partial charge on any atom is 0.222 e. The summed E-state index contributed by atoms with van der Waals surface area (Å²) in [5, 5.41) is 14.3. The molecule has 0 spiro atoms. The highest BCUT2D eigenvalue weighted by atomic mass is 16.3. The highest BCUT2D eigenvalue weighted by molar-refractivity contribution is 5.76. The first-order chi connectivity index (χ1) is 13.1. The lowest BCUT2D eigenvalue weighted by Crippen LogP contribution is -2.40. The van der Waals surface area contributed by atoms with Gasteiger partial charge >= 0.3 is 0 Å². The van der Waals surface area contributed by atoms with Gasteiger partial charge in [-0.2, -0.15) is 5.10 Å². The molecule has 0 bridgehead atoms. The number of aryl methyl sites for hydroxylation is 2. The number of piperidine rings is 1. The van der Waals surface area contributed by atoms with Crippen molar-refractivity contribution in [3.8, 4) is 0 Å². The molecule has 0 radical (unpaired) electrons. The molecule has 146 valence electrons. The zero-order valence-electron chi connectivity index (χ0n) is 15.9. The van der Waals surface area contributed by atoms with E-state index in [0.717, 1.165) is 37.7 Å². The summed E-state index contributed by atoms with van der Waals surface area (Å²) in [5.74, 6) is 1.24. The van der Waals surface area contributed by atoms with Crippen molar-refractivity contribution >= 4 is 5.91 Å². The molecule has 2 aliphatic rings. The molecule has 8 heteroatoms. The number of imidazole rings is 1. The van der Waals surface area contributed by atoms with Crippen molar-refractivity contribution in [2.45, 2.75) is 51.4 Å². The van der Waals surface area contributed by atoms with E-state index >= 15 is 0 Å². The Morgan fingerprint density at radius 2 is 2.07 bits per heavy atom. The summed E-state index contributed by atoms with van der Waals surface area (Å²) < 4.78 is 4.13.